The van der Waals surface area contributed by atoms with E-state index in [2.05, 4.69) is 6.92 Å². The number of Topliss-reactive ketones (excluding diaryl/α,β-unsaturated/α-hetero) is 1. The van der Waals surface area contributed by atoms with Crippen LogP contribution >= 0.6 is 0 Å². The van der Waals surface area contributed by atoms with Crippen LogP contribution in [0.4, 0.5) is 0 Å². The molecule has 0 saturated carbocycles. The molecule has 2 atom stereocenters. The molecule has 0 aromatic rings. The lowest BCUT2D eigenvalue weighted by Gasteiger charge is -2.16. The van der Waals surface area contributed by atoms with E-state index in [1.54, 1.807) is 0 Å². The van der Waals surface area contributed by atoms with Crippen LogP contribution in [-0.4, -0.2) is 23.5 Å². The Labute approximate surface area is 80.3 Å². The first-order chi connectivity index (χ1) is 6.11. The summed E-state index contributed by atoms with van der Waals surface area (Å²) in [7, 11) is 0. The van der Waals surface area contributed by atoms with Crippen LogP contribution in [0.3, 0.4) is 0 Å². The van der Waals surface area contributed by atoms with E-state index in [0.29, 0.717) is 18.9 Å². The number of carbonyl (C=O) groups is 1. The zero-order valence-corrected chi connectivity index (χ0v) is 8.62. The summed E-state index contributed by atoms with van der Waals surface area (Å²) in [5.74, 6) is 0.300. The first-order valence-corrected chi connectivity index (χ1v) is 5.00. The van der Waals surface area contributed by atoms with Gasteiger partial charge in [-0.3, -0.25) is 4.79 Å². The predicted molar refractivity (Wildman–Crippen MR) is 53.4 cm³/mol. The van der Waals surface area contributed by atoms with Crippen LogP contribution in [0, 0.1) is 5.92 Å². The standard InChI is InChI=1S/C10H21NO2/c1-3-9(5-4-6-11)7-10(13)8(2)12/h9-10,13H,3-7,11H2,1-2H3. The average molecular weight is 187 g/mol. The molecule has 0 aromatic heterocycles. The minimum Gasteiger partial charge on any atom is -0.385 e. The molecular weight excluding hydrogens is 166 g/mol. The third-order valence-electron chi connectivity index (χ3n) is 2.42. The minimum atomic E-state index is -0.775. The fourth-order valence-corrected chi connectivity index (χ4v) is 1.38. The Morgan fingerprint density at radius 3 is 2.54 bits per heavy atom. The van der Waals surface area contributed by atoms with Crippen LogP contribution < -0.4 is 5.73 Å². The van der Waals surface area contributed by atoms with Crippen molar-refractivity contribution >= 4 is 5.78 Å². The van der Waals surface area contributed by atoms with Crippen molar-refractivity contribution in [3.8, 4) is 0 Å². The Morgan fingerprint density at radius 1 is 1.54 bits per heavy atom. The maximum atomic E-state index is 10.8. The third-order valence-corrected chi connectivity index (χ3v) is 2.42. The van der Waals surface area contributed by atoms with Gasteiger partial charge in [0.15, 0.2) is 5.78 Å². The molecule has 13 heavy (non-hydrogen) atoms. The smallest absolute Gasteiger partial charge is 0.158 e. The van der Waals surface area contributed by atoms with Gasteiger partial charge in [-0.05, 0) is 38.6 Å². The van der Waals surface area contributed by atoms with Gasteiger partial charge >= 0.3 is 0 Å². The van der Waals surface area contributed by atoms with Gasteiger partial charge in [-0.1, -0.05) is 13.3 Å². The molecule has 0 spiro atoms. The van der Waals surface area contributed by atoms with Crippen molar-refractivity contribution in [3.63, 3.8) is 0 Å². The molecule has 0 radical (unpaired) electrons. The van der Waals surface area contributed by atoms with Crippen molar-refractivity contribution in [1.29, 1.82) is 0 Å². The van der Waals surface area contributed by atoms with Gasteiger partial charge in [-0.15, -0.1) is 0 Å². The van der Waals surface area contributed by atoms with Crippen molar-refractivity contribution in [2.24, 2.45) is 11.7 Å². The van der Waals surface area contributed by atoms with Crippen molar-refractivity contribution in [2.75, 3.05) is 6.54 Å². The number of aliphatic hydroxyl groups excluding tert-OH is 1. The minimum absolute atomic E-state index is 0.133. The Morgan fingerprint density at radius 2 is 2.15 bits per heavy atom. The first kappa shape index (κ1) is 12.6. The summed E-state index contributed by atoms with van der Waals surface area (Å²) in [4.78, 5) is 10.8. The molecule has 3 N–H and O–H groups in total. The monoisotopic (exact) mass is 187 g/mol. The molecule has 0 rings (SSSR count). The zero-order valence-electron chi connectivity index (χ0n) is 8.62. The second-order valence-electron chi connectivity index (χ2n) is 3.57. The number of aliphatic hydroxyl groups is 1. The first-order valence-electron chi connectivity index (χ1n) is 5.00. The van der Waals surface area contributed by atoms with Gasteiger partial charge in [-0.2, -0.15) is 0 Å². The highest BCUT2D eigenvalue weighted by Crippen LogP contribution is 2.17. The predicted octanol–water partition coefficient (Wildman–Crippen LogP) is 1.09. The summed E-state index contributed by atoms with van der Waals surface area (Å²) < 4.78 is 0. The second-order valence-corrected chi connectivity index (χ2v) is 3.57. The largest absolute Gasteiger partial charge is 0.385 e. The summed E-state index contributed by atoms with van der Waals surface area (Å²) in [5, 5.41) is 9.35. The second kappa shape index (κ2) is 7.04. The molecular formula is C10H21NO2. The van der Waals surface area contributed by atoms with E-state index in [1.807, 2.05) is 0 Å². The fourth-order valence-electron chi connectivity index (χ4n) is 1.38. The number of ketones is 1. The molecule has 3 heteroatoms. The van der Waals surface area contributed by atoms with Crippen LogP contribution in [0.25, 0.3) is 0 Å². The zero-order chi connectivity index (χ0) is 10.3. The van der Waals surface area contributed by atoms with Crippen molar-refractivity contribution in [3.05, 3.63) is 0 Å². The molecule has 0 fully saturated rings. The number of carbonyl (C=O) groups excluding carboxylic acids is 1. The van der Waals surface area contributed by atoms with Crippen LogP contribution in [0.2, 0.25) is 0 Å². The summed E-state index contributed by atoms with van der Waals surface area (Å²) in [6.07, 6.45) is 2.80. The molecule has 0 aromatic carbocycles. The number of hydrogen-bond acceptors (Lipinski definition) is 3. The molecule has 2 unspecified atom stereocenters. The molecule has 3 nitrogen and oxygen atoms in total. The lowest BCUT2D eigenvalue weighted by molar-refractivity contribution is -0.125. The summed E-state index contributed by atoms with van der Waals surface area (Å²) in [6.45, 7) is 4.20. The summed E-state index contributed by atoms with van der Waals surface area (Å²) in [5.41, 5.74) is 5.39. The lowest BCUT2D eigenvalue weighted by atomic mass is 9.93. The molecule has 0 heterocycles. The van der Waals surface area contributed by atoms with Gasteiger partial charge < -0.3 is 10.8 Å². The number of nitrogens with two attached hydrogens (primary N) is 1. The maximum Gasteiger partial charge on any atom is 0.158 e. The van der Waals surface area contributed by atoms with Crippen LogP contribution in [0.1, 0.15) is 39.5 Å². The van der Waals surface area contributed by atoms with Gasteiger partial charge in [0.05, 0.1) is 0 Å². The molecule has 0 aliphatic heterocycles. The van der Waals surface area contributed by atoms with Gasteiger partial charge in [0, 0.05) is 0 Å². The summed E-state index contributed by atoms with van der Waals surface area (Å²) >= 11 is 0. The lowest BCUT2D eigenvalue weighted by Crippen LogP contribution is -2.21. The van der Waals surface area contributed by atoms with E-state index in [1.165, 1.54) is 6.92 Å². The van der Waals surface area contributed by atoms with Gasteiger partial charge in [0.1, 0.15) is 6.10 Å². The molecule has 78 valence electrons. The summed E-state index contributed by atoms with van der Waals surface area (Å²) in [6, 6.07) is 0. The molecule has 0 aliphatic rings. The molecule has 0 saturated heterocycles. The van der Waals surface area contributed by atoms with Crippen molar-refractivity contribution < 1.29 is 9.90 Å². The Bertz CT molecular complexity index is 148. The highest BCUT2D eigenvalue weighted by Gasteiger charge is 2.15. The van der Waals surface area contributed by atoms with Crippen LogP contribution in [-0.2, 0) is 4.79 Å². The SMILES string of the molecule is CCC(CCCN)CC(O)C(C)=O. The maximum absolute atomic E-state index is 10.8. The van der Waals surface area contributed by atoms with E-state index in [9.17, 15) is 9.90 Å². The van der Waals surface area contributed by atoms with Crippen molar-refractivity contribution in [1.82, 2.24) is 0 Å². The van der Waals surface area contributed by atoms with Gasteiger partial charge in [0.25, 0.3) is 0 Å². The molecule has 0 amide bonds. The fraction of sp³-hybridized carbons (Fsp3) is 0.900. The highest BCUT2D eigenvalue weighted by atomic mass is 16.3. The topological polar surface area (TPSA) is 63.3 Å². The van der Waals surface area contributed by atoms with E-state index >= 15 is 0 Å². The molecule has 0 bridgehead atoms. The quantitative estimate of drug-likeness (QED) is 0.627. The number of hydrogen-bond donors (Lipinski definition) is 2. The van der Waals surface area contributed by atoms with E-state index in [-0.39, 0.29) is 5.78 Å². The van der Waals surface area contributed by atoms with E-state index in [4.69, 9.17) is 5.73 Å². The van der Waals surface area contributed by atoms with Crippen LogP contribution in [0.15, 0.2) is 0 Å². The van der Waals surface area contributed by atoms with Crippen LogP contribution in [0.5, 0.6) is 0 Å². The van der Waals surface area contributed by atoms with E-state index < -0.39 is 6.10 Å². The highest BCUT2D eigenvalue weighted by molar-refractivity contribution is 5.80. The number of rotatable bonds is 7. The molecule has 0 aliphatic carbocycles. The van der Waals surface area contributed by atoms with E-state index in [0.717, 1.165) is 19.3 Å². The third kappa shape index (κ3) is 5.77. The Hall–Kier alpha value is -0.410. The Balaban J connectivity index is 3.75. The van der Waals surface area contributed by atoms with Crippen molar-refractivity contribution in [2.45, 2.75) is 45.6 Å². The van der Waals surface area contributed by atoms with Gasteiger partial charge in [-0.25, -0.2) is 0 Å². The average Bonchev–Trinajstić information content (AvgIpc) is 2.11. The Kier molecular flexibility index (Phi) is 6.82. The van der Waals surface area contributed by atoms with Gasteiger partial charge in [0.2, 0.25) is 0 Å². The normalized spacial score (nSPS) is 15.4.